The number of hydrogen-bond acceptors (Lipinski definition) is 7. The first-order valence-electron chi connectivity index (χ1n) is 12.8. The minimum absolute atomic E-state index is 0.0704. The van der Waals surface area contributed by atoms with Crippen molar-refractivity contribution < 1.29 is 26.4 Å². The molecule has 1 aliphatic heterocycles. The lowest BCUT2D eigenvalue weighted by atomic mass is 10.2. The van der Waals surface area contributed by atoms with E-state index in [1.54, 1.807) is 60.7 Å². The largest absolute Gasteiger partial charge is 0.494 e. The van der Waals surface area contributed by atoms with Gasteiger partial charge in [-0.05, 0) is 80.8 Å². The average molecular weight is 604 g/mol. The topological polar surface area (TPSA) is 104 Å². The summed E-state index contributed by atoms with van der Waals surface area (Å²) in [6, 6.07) is 19.7. The number of aryl methyl sites for hydroxylation is 1. The molecule has 1 amide bonds. The first kappa shape index (κ1) is 29.9. The molecule has 1 aliphatic rings. The van der Waals surface area contributed by atoms with Crippen molar-refractivity contribution in [2.45, 2.75) is 28.5 Å². The van der Waals surface area contributed by atoms with Crippen LogP contribution >= 0.6 is 11.8 Å². The molecule has 3 aromatic carbocycles. The van der Waals surface area contributed by atoms with Gasteiger partial charge in [-0.25, -0.2) is 16.8 Å². The Labute approximate surface area is 240 Å². The van der Waals surface area contributed by atoms with Gasteiger partial charge in [0.15, 0.2) is 0 Å². The van der Waals surface area contributed by atoms with E-state index < -0.39 is 32.5 Å². The van der Waals surface area contributed by atoms with Crippen LogP contribution in [0.15, 0.2) is 87.5 Å². The maximum atomic E-state index is 13.8. The van der Waals surface area contributed by atoms with Gasteiger partial charge in [0.1, 0.15) is 12.3 Å². The lowest BCUT2D eigenvalue weighted by molar-refractivity contribution is -0.130. The molecule has 0 atom stereocenters. The number of carbonyl (C=O) groups is 1. The Hall–Kier alpha value is -3.06. The van der Waals surface area contributed by atoms with Gasteiger partial charge in [0.2, 0.25) is 15.9 Å². The van der Waals surface area contributed by atoms with Crippen LogP contribution in [0.4, 0.5) is 5.69 Å². The molecular weight excluding hydrogens is 571 g/mol. The van der Waals surface area contributed by atoms with E-state index in [9.17, 15) is 21.6 Å². The zero-order valence-electron chi connectivity index (χ0n) is 22.7. The van der Waals surface area contributed by atoms with Crippen molar-refractivity contribution in [1.82, 2.24) is 9.21 Å². The summed E-state index contributed by atoms with van der Waals surface area (Å²) in [5, 5.41) is 0. The number of ether oxygens (including phenoxy) is 1. The molecule has 0 aromatic heterocycles. The van der Waals surface area contributed by atoms with E-state index in [0.717, 1.165) is 14.8 Å². The molecule has 0 aliphatic carbocycles. The van der Waals surface area contributed by atoms with E-state index >= 15 is 0 Å². The highest BCUT2D eigenvalue weighted by molar-refractivity contribution is 7.98. The maximum absolute atomic E-state index is 13.8. The van der Waals surface area contributed by atoms with Crippen LogP contribution in [0, 0.1) is 6.92 Å². The van der Waals surface area contributed by atoms with E-state index in [1.807, 2.05) is 20.1 Å². The molecule has 1 heterocycles. The first-order chi connectivity index (χ1) is 19.1. The van der Waals surface area contributed by atoms with Crippen LogP contribution in [0.5, 0.6) is 5.75 Å². The molecule has 0 unspecified atom stereocenters. The lowest BCUT2D eigenvalue weighted by Gasteiger charge is -2.35. The van der Waals surface area contributed by atoms with Gasteiger partial charge in [0, 0.05) is 31.1 Å². The molecule has 0 spiro atoms. The maximum Gasteiger partial charge on any atom is 0.264 e. The van der Waals surface area contributed by atoms with Gasteiger partial charge in [-0.15, -0.1) is 11.8 Å². The number of benzene rings is 3. The van der Waals surface area contributed by atoms with E-state index in [0.29, 0.717) is 18.0 Å². The van der Waals surface area contributed by atoms with Crippen molar-refractivity contribution in [3.8, 4) is 5.75 Å². The number of amides is 1. The van der Waals surface area contributed by atoms with Crippen LogP contribution in [-0.2, 0) is 24.8 Å². The van der Waals surface area contributed by atoms with Crippen molar-refractivity contribution in [2.24, 2.45) is 0 Å². The third kappa shape index (κ3) is 6.63. The van der Waals surface area contributed by atoms with Gasteiger partial charge in [-0.1, -0.05) is 17.7 Å². The van der Waals surface area contributed by atoms with Gasteiger partial charge in [-0.2, -0.15) is 4.31 Å². The highest BCUT2D eigenvalue weighted by atomic mass is 32.2. The van der Waals surface area contributed by atoms with Gasteiger partial charge < -0.3 is 9.64 Å². The monoisotopic (exact) mass is 603 g/mol. The number of carbonyl (C=O) groups excluding carboxylic acids is 1. The van der Waals surface area contributed by atoms with Crippen molar-refractivity contribution in [3.63, 3.8) is 0 Å². The Morgan fingerprint density at radius 3 is 1.98 bits per heavy atom. The zero-order chi connectivity index (χ0) is 28.9. The second-order valence-corrected chi connectivity index (χ2v) is 13.9. The Bertz CT molecular complexity index is 1520. The van der Waals surface area contributed by atoms with Crippen LogP contribution in [-0.4, -0.2) is 77.5 Å². The molecule has 0 saturated carbocycles. The number of thioether (sulfide) groups is 1. The van der Waals surface area contributed by atoms with E-state index in [2.05, 4.69) is 0 Å². The number of nitrogens with zero attached hydrogens (tertiary/aromatic N) is 3. The predicted octanol–water partition coefficient (Wildman–Crippen LogP) is 3.84. The SMILES string of the molecule is CCOc1ccc(N(CC(=O)N2CCN(S(=O)(=O)c3ccc(C)cc3)CC2)S(=O)(=O)c2ccc(SC)cc2)cc1. The summed E-state index contributed by atoms with van der Waals surface area (Å²) in [6.45, 7) is 4.33. The van der Waals surface area contributed by atoms with Crippen LogP contribution in [0.25, 0.3) is 0 Å². The first-order valence-corrected chi connectivity index (χ1v) is 16.9. The standard InChI is InChI=1S/C28H33N3O6S3/c1-4-37-24-9-7-23(8-10-24)31(40(35,36)27-15-11-25(38-3)12-16-27)21-28(32)29-17-19-30(20-18-29)39(33,34)26-13-5-22(2)6-14-26/h5-16H,4,17-21H2,1-3H3. The highest BCUT2D eigenvalue weighted by Gasteiger charge is 2.33. The Morgan fingerprint density at radius 1 is 0.850 bits per heavy atom. The summed E-state index contributed by atoms with van der Waals surface area (Å²) < 4.78 is 61.6. The van der Waals surface area contributed by atoms with Crippen LogP contribution in [0.3, 0.4) is 0 Å². The summed E-state index contributed by atoms with van der Waals surface area (Å²) >= 11 is 1.50. The normalized spacial score (nSPS) is 14.6. The molecule has 40 heavy (non-hydrogen) atoms. The number of hydrogen-bond donors (Lipinski definition) is 0. The second-order valence-electron chi connectivity index (χ2n) is 9.21. The molecule has 4 rings (SSSR count). The van der Waals surface area contributed by atoms with Gasteiger partial charge in [0.05, 0.1) is 22.1 Å². The van der Waals surface area contributed by atoms with Crippen molar-refractivity contribution in [1.29, 1.82) is 0 Å². The molecular formula is C28H33N3O6S3. The summed E-state index contributed by atoms with van der Waals surface area (Å²) in [4.78, 5) is 16.1. The smallest absolute Gasteiger partial charge is 0.264 e. The summed E-state index contributed by atoms with van der Waals surface area (Å²) in [5.41, 5.74) is 1.29. The van der Waals surface area contributed by atoms with Crippen molar-refractivity contribution in [2.75, 3.05) is 49.9 Å². The van der Waals surface area contributed by atoms with Gasteiger partial charge in [0.25, 0.3) is 10.0 Å². The van der Waals surface area contributed by atoms with Gasteiger partial charge in [-0.3, -0.25) is 9.10 Å². The average Bonchev–Trinajstić information content (AvgIpc) is 2.96. The predicted molar refractivity (Wildman–Crippen MR) is 157 cm³/mol. The summed E-state index contributed by atoms with van der Waals surface area (Å²) in [5.74, 6) is 0.177. The fourth-order valence-electron chi connectivity index (χ4n) is 4.33. The lowest BCUT2D eigenvalue weighted by Crippen LogP contribution is -2.53. The molecule has 1 fully saturated rings. The third-order valence-electron chi connectivity index (χ3n) is 6.61. The molecule has 12 heteroatoms. The Balaban J connectivity index is 1.53. The van der Waals surface area contributed by atoms with E-state index in [-0.39, 0.29) is 36.0 Å². The highest BCUT2D eigenvalue weighted by Crippen LogP contribution is 2.28. The van der Waals surface area contributed by atoms with Crippen molar-refractivity contribution >= 4 is 43.4 Å². The van der Waals surface area contributed by atoms with E-state index in [1.165, 1.54) is 33.1 Å². The molecule has 0 bridgehead atoms. The van der Waals surface area contributed by atoms with Crippen LogP contribution in [0.2, 0.25) is 0 Å². The third-order valence-corrected chi connectivity index (χ3v) is 11.1. The molecule has 0 radical (unpaired) electrons. The summed E-state index contributed by atoms with van der Waals surface area (Å²) in [6.07, 6.45) is 1.90. The van der Waals surface area contributed by atoms with Gasteiger partial charge >= 0.3 is 0 Å². The van der Waals surface area contributed by atoms with Crippen molar-refractivity contribution in [3.05, 3.63) is 78.4 Å². The summed E-state index contributed by atoms with van der Waals surface area (Å²) in [7, 11) is -7.77. The molecule has 1 saturated heterocycles. The van der Waals surface area contributed by atoms with Crippen LogP contribution < -0.4 is 9.04 Å². The fourth-order valence-corrected chi connectivity index (χ4v) is 7.57. The number of piperazine rings is 1. The Kier molecular flexibility index (Phi) is 9.44. The molecule has 0 N–H and O–H groups in total. The molecule has 3 aromatic rings. The molecule has 214 valence electrons. The van der Waals surface area contributed by atoms with E-state index in [4.69, 9.17) is 4.74 Å². The quantitative estimate of drug-likeness (QED) is 0.324. The number of sulfonamides is 2. The molecule has 9 nitrogen and oxygen atoms in total. The minimum atomic E-state index is -4.08. The van der Waals surface area contributed by atoms with Crippen LogP contribution in [0.1, 0.15) is 12.5 Å². The second kappa shape index (κ2) is 12.6. The number of anilines is 1. The zero-order valence-corrected chi connectivity index (χ0v) is 25.1. The number of rotatable bonds is 10. The Morgan fingerprint density at radius 2 is 1.43 bits per heavy atom. The fraction of sp³-hybridized carbons (Fsp3) is 0.321. The minimum Gasteiger partial charge on any atom is -0.494 e.